The van der Waals surface area contributed by atoms with Gasteiger partial charge in [-0.2, -0.15) is 0 Å². The summed E-state index contributed by atoms with van der Waals surface area (Å²) in [5.74, 6) is 0.618. The Bertz CT molecular complexity index is 204. The molecule has 0 aliphatic carbocycles. The minimum Gasteiger partial charge on any atom is -0.390 e. The summed E-state index contributed by atoms with van der Waals surface area (Å²) < 4.78 is 0. The van der Waals surface area contributed by atoms with E-state index in [0.29, 0.717) is 12.0 Å². The van der Waals surface area contributed by atoms with Crippen molar-refractivity contribution in [2.24, 2.45) is 5.92 Å². The Hall–Kier alpha value is -0.0800. The van der Waals surface area contributed by atoms with Crippen LogP contribution >= 0.6 is 0 Å². The molecular weight excluding hydrogens is 174 g/mol. The zero-order valence-electron chi connectivity index (χ0n) is 9.50. The molecule has 82 valence electrons. The van der Waals surface area contributed by atoms with E-state index in [4.69, 9.17) is 0 Å². The highest BCUT2D eigenvalue weighted by Gasteiger charge is 2.40. The number of rotatable bonds is 2. The second-order valence-corrected chi connectivity index (χ2v) is 5.61. The monoisotopic (exact) mass is 197 g/mol. The van der Waals surface area contributed by atoms with E-state index in [2.05, 4.69) is 18.7 Å². The van der Waals surface area contributed by atoms with Crippen LogP contribution in [0.5, 0.6) is 0 Å². The maximum absolute atomic E-state index is 10.5. The lowest BCUT2D eigenvalue weighted by Gasteiger charge is -2.41. The predicted molar refractivity (Wildman–Crippen MR) is 58.2 cm³/mol. The normalized spacial score (nSPS) is 39.0. The average Bonchev–Trinajstić information content (AvgIpc) is 2.48. The van der Waals surface area contributed by atoms with Crippen LogP contribution in [0.2, 0.25) is 0 Å². The largest absolute Gasteiger partial charge is 0.390 e. The number of nitrogens with zero attached hydrogens (tertiary/aromatic N) is 1. The smallest absolute Gasteiger partial charge is 0.0677 e. The Balaban J connectivity index is 1.95. The van der Waals surface area contributed by atoms with Gasteiger partial charge in [0.25, 0.3) is 0 Å². The minimum absolute atomic E-state index is 0.348. The van der Waals surface area contributed by atoms with E-state index in [0.717, 1.165) is 25.8 Å². The van der Waals surface area contributed by atoms with Gasteiger partial charge in [0.1, 0.15) is 0 Å². The van der Waals surface area contributed by atoms with Crippen LogP contribution in [0.4, 0.5) is 0 Å². The average molecular weight is 197 g/mol. The summed E-state index contributed by atoms with van der Waals surface area (Å²) in [6, 6.07) is 0.687. The molecule has 2 heterocycles. The second kappa shape index (κ2) is 3.82. The molecule has 0 aromatic carbocycles. The maximum atomic E-state index is 10.5. The molecule has 2 atom stereocenters. The first-order chi connectivity index (χ1) is 6.59. The van der Waals surface area contributed by atoms with Gasteiger partial charge >= 0.3 is 0 Å². The van der Waals surface area contributed by atoms with E-state index >= 15 is 0 Å². The highest BCUT2D eigenvalue weighted by molar-refractivity contribution is 4.94. The topological polar surface area (TPSA) is 23.5 Å². The second-order valence-electron chi connectivity index (χ2n) is 5.61. The van der Waals surface area contributed by atoms with Crippen molar-refractivity contribution >= 4 is 0 Å². The quantitative estimate of drug-likeness (QED) is 0.732. The molecule has 0 aromatic heterocycles. The molecule has 0 saturated carbocycles. The van der Waals surface area contributed by atoms with Crippen molar-refractivity contribution in [2.45, 2.75) is 57.6 Å². The van der Waals surface area contributed by atoms with Crippen molar-refractivity contribution in [3.8, 4) is 0 Å². The third-order valence-corrected chi connectivity index (χ3v) is 3.77. The SMILES string of the molecule is CC(C)CC1(O)CCN2CCCC2C1. The molecule has 14 heavy (non-hydrogen) atoms. The van der Waals surface area contributed by atoms with E-state index in [1.807, 2.05) is 0 Å². The van der Waals surface area contributed by atoms with Gasteiger partial charge in [0.2, 0.25) is 0 Å². The van der Waals surface area contributed by atoms with Crippen molar-refractivity contribution in [1.82, 2.24) is 4.90 Å². The zero-order chi connectivity index (χ0) is 10.2. The minimum atomic E-state index is -0.348. The van der Waals surface area contributed by atoms with Gasteiger partial charge in [0.15, 0.2) is 0 Å². The molecule has 0 amide bonds. The Morgan fingerprint density at radius 1 is 1.43 bits per heavy atom. The zero-order valence-corrected chi connectivity index (χ0v) is 9.50. The highest BCUT2D eigenvalue weighted by Crippen LogP contribution is 2.36. The van der Waals surface area contributed by atoms with Gasteiger partial charge in [-0.05, 0) is 44.6 Å². The van der Waals surface area contributed by atoms with Gasteiger partial charge in [0.05, 0.1) is 5.60 Å². The summed E-state index contributed by atoms with van der Waals surface area (Å²) in [5.41, 5.74) is -0.348. The van der Waals surface area contributed by atoms with Gasteiger partial charge in [-0.3, -0.25) is 0 Å². The van der Waals surface area contributed by atoms with E-state index in [1.54, 1.807) is 0 Å². The van der Waals surface area contributed by atoms with Crippen LogP contribution in [0.15, 0.2) is 0 Å². The summed E-state index contributed by atoms with van der Waals surface area (Å²) in [5, 5.41) is 10.5. The molecule has 0 spiro atoms. The third kappa shape index (κ3) is 2.12. The predicted octanol–water partition coefficient (Wildman–Crippen LogP) is 2.02. The summed E-state index contributed by atoms with van der Waals surface area (Å²) in [4.78, 5) is 2.56. The van der Waals surface area contributed by atoms with Crippen LogP contribution in [-0.4, -0.2) is 34.7 Å². The molecule has 2 saturated heterocycles. The Morgan fingerprint density at radius 2 is 2.21 bits per heavy atom. The Morgan fingerprint density at radius 3 is 2.93 bits per heavy atom. The summed E-state index contributed by atoms with van der Waals surface area (Å²) >= 11 is 0. The van der Waals surface area contributed by atoms with Crippen LogP contribution in [0.3, 0.4) is 0 Å². The summed E-state index contributed by atoms with van der Waals surface area (Å²) in [6.45, 7) is 6.80. The lowest BCUT2D eigenvalue weighted by atomic mass is 9.81. The van der Waals surface area contributed by atoms with Crippen LogP contribution in [0.1, 0.15) is 46.0 Å². The van der Waals surface area contributed by atoms with Gasteiger partial charge in [-0.1, -0.05) is 13.8 Å². The summed E-state index contributed by atoms with van der Waals surface area (Å²) in [7, 11) is 0. The number of piperidine rings is 1. The Kier molecular flexibility index (Phi) is 2.85. The third-order valence-electron chi connectivity index (χ3n) is 3.77. The van der Waals surface area contributed by atoms with Gasteiger partial charge in [0, 0.05) is 12.6 Å². The Labute approximate surface area is 87.3 Å². The van der Waals surface area contributed by atoms with Gasteiger partial charge in [-0.25, -0.2) is 0 Å². The van der Waals surface area contributed by atoms with Crippen molar-refractivity contribution in [2.75, 3.05) is 13.1 Å². The molecule has 2 rings (SSSR count). The van der Waals surface area contributed by atoms with Gasteiger partial charge in [-0.15, -0.1) is 0 Å². The number of hydrogen-bond donors (Lipinski definition) is 1. The lowest BCUT2D eigenvalue weighted by Crippen LogP contribution is -2.48. The van der Waals surface area contributed by atoms with Crippen molar-refractivity contribution in [3.05, 3.63) is 0 Å². The lowest BCUT2D eigenvalue weighted by molar-refractivity contribution is -0.0496. The fourth-order valence-corrected chi connectivity index (χ4v) is 3.26. The van der Waals surface area contributed by atoms with E-state index < -0.39 is 0 Å². The highest BCUT2D eigenvalue weighted by atomic mass is 16.3. The standard InChI is InChI=1S/C12H23NO/c1-10(2)8-12(14)5-7-13-6-3-4-11(13)9-12/h10-11,14H,3-9H2,1-2H3. The first-order valence-corrected chi connectivity index (χ1v) is 6.05. The van der Waals surface area contributed by atoms with Crippen LogP contribution in [0.25, 0.3) is 0 Å². The fourth-order valence-electron chi connectivity index (χ4n) is 3.26. The molecule has 2 aliphatic heterocycles. The van der Waals surface area contributed by atoms with E-state index in [-0.39, 0.29) is 5.60 Å². The maximum Gasteiger partial charge on any atom is 0.0677 e. The number of hydrogen-bond acceptors (Lipinski definition) is 2. The molecule has 2 nitrogen and oxygen atoms in total. The molecular formula is C12H23NO. The molecule has 1 N–H and O–H groups in total. The molecule has 0 aromatic rings. The van der Waals surface area contributed by atoms with Crippen LogP contribution in [0, 0.1) is 5.92 Å². The fraction of sp³-hybridized carbons (Fsp3) is 1.00. The van der Waals surface area contributed by atoms with Crippen LogP contribution in [-0.2, 0) is 0 Å². The molecule has 2 aliphatic rings. The number of fused-ring (bicyclic) bond motifs is 1. The van der Waals surface area contributed by atoms with E-state index in [1.165, 1.54) is 19.4 Å². The molecule has 2 unspecified atom stereocenters. The number of aliphatic hydroxyl groups is 1. The van der Waals surface area contributed by atoms with Crippen molar-refractivity contribution in [1.29, 1.82) is 0 Å². The first kappa shape index (κ1) is 10.4. The molecule has 2 heteroatoms. The first-order valence-electron chi connectivity index (χ1n) is 6.05. The molecule has 0 bridgehead atoms. The van der Waals surface area contributed by atoms with Gasteiger partial charge < -0.3 is 10.0 Å². The van der Waals surface area contributed by atoms with E-state index in [9.17, 15) is 5.11 Å². The summed E-state index contributed by atoms with van der Waals surface area (Å²) in [6.07, 6.45) is 5.63. The van der Waals surface area contributed by atoms with Crippen molar-refractivity contribution < 1.29 is 5.11 Å². The molecule has 0 radical (unpaired) electrons. The molecule has 2 fully saturated rings. The van der Waals surface area contributed by atoms with Crippen molar-refractivity contribution in [3.63, 3.8) is 0 Å². The van der Waals surface area contributed by atoms with Crippen LogP contribution < -0.4 is 0 Å².